The van der Waals surface area contributed by atoms with Crippen LogP contribution in [-0.4, -0.2) is 36.9 Å². The molecule has 126 valence electrons. The smallest absolute Gasteiger partial charge is 0.260 e. The first-order valence-corrected chi connectivity index (χ1v) is 7.81. The first-order chi connectivity index (χ1) is 11.5. The molecule has 0 spiro atoms. The molecule has 0 aliphatic carbocycles. The minimum atomic E-state index is -0.311. The molecule has 5 nitrogen and oxygen atoms in total. The van der Waals surface area contributed by atoms with E-state index in [1.807, 2.05) is 31.2 Å². The summed E-state index contributed by atoms with van der Waals surface area (Å²) in [6.07, 6.45) is 0. The molecule has 0 radical (unpaired) electrons. The predicted octanol–water partition coefficient (Wildman–Crippen LogP) is 3.12. The lowest BCUT2D eigenvalue weighted by Crippen LogP contribution is -2.37. The fraction of sp³-hybridized carbons (Fsp3) is 0.222. The first kappa shape index (κ1) is 17.8. The number of likely N-dealkylation sites (N-methyl/N-ethyl adjacent to an activating group) is 1. The van der Waals surface area contributed by atoms with Crippen LogP contribution in [0.15, 0.2) is 48.5 Å². The van der Waals surface area contributed by atoms with Crippen LogP contribution in [0.5, 0.6) is 5.75 Å². The zero-order valence-electron chi connectivity index (χ0n) is 13.6. The normalized spacial score (nSPS) is 10.1. The second-order valence-corrected chi connectivity index (χ2v) is 5.79. The van der Waals surface area contributed by atoms with Gasteiger partial charge in [-0.2, -0.15) is 0 Å². The van der Waals surface area contributed by atoms with Crippen molar-refractivity contribution in [3.63, 3.8) is 0 Å². The molecule has 0 fully saturated rings. The van der Waals surface area contributed by atoms with E-state index in [0.717, 1.165) is 5.56 Å². The summed E-state index contributed by atoms with van der Waals surface area (Å²) < 4.78 is 5.38. The molecular formula is C18H19ClN2O3. The lowest BCUT2D eigenvalue weighted by molar-refractivity contribution is -0.135. The minimum absolute atomic E-state index is 0.0570. The van der Waals surface area contributed by atoms with Gasteiger partial charge in [0.1, 0.15) is 5.75 Å². The highest BCUT2D eigenvalue weighted by atomic mass is 35.5. The number of benzene rings is 2. The van der Waals surface area contributed by atoms with Crippen LogP contribution in [0.1, 0.15) is 5.56 Å². The molecule has 2 rings (SSSR count). The van der Waals surface area contributed by atoms with Gasteiger partial charge in [0.25, 0.3) is 5.91 Å². The molecule has 0 aliphatic heterocycles. The molecular weight excluding hydrogens is 328 g/mol. The van der Waals surface area contributed by atoms with Gasteiger partial charge < -0.3 is 15.0 Å². The minimum Gasteiger partial charge on any atom is -0.482 e. The number of para-hydroxylation sites is 1. The topological polar surface area (TPSA) is 58.6 Å². The van der Waals surface area contributed by atoms with E-state index in [2.05, 4.69) is 5.32 Å². The van der Waals surface area contributed by atoms with E-state index in [-0.39, 0.29) is 25.0 Å². The van der Waals surface area contributed by atoms with E-state index in [0.29, 0.717) is 16.5 Å². The predicted molar refractivity (Wildman–Crippen MR) is 94.4 cm³/mol. The highest BCUT2D eigenvalue weighted by Gasteiger charge is 2.14. The van der Waals surface area contributed by atoms with Crippen molar-refractivity contribution >= 4 is 29.1 Å². The van der Waals surface area contributed by atoms with Gasteiger partial charge in [-0.3, -0.25) is 9.59 Å². The number of halogens is 1. The number of nitrogens with one attached hydrogen (secondary N) is 1. The Labute approximate surface area is 146 Å². The van der Waals surface area contributed by atoms with E-state index >= 15 is 0 Å². The number of rotatable bonds is 6. The van der Waals surface area contributed by atoms with Crippen LogP contribution in [0.4, 0.5) is 5.69 Å². The van der Waals surface area contributed by atoms with E-state index in [4.69, 9.17) is 16.3 Å². The van der Waals surface area contributed by atoms with Crippen LogP contribution < -0.4 is 10.1 Å². The van der Waals surface area contributed by atoms with Crippen LogP contribution in [0.2, 0.25) is 5.02 Å². The van der Waals surface area contributed by atoms with Gasteiger partial charge in [-0.1, -0.05) is 41.4 Å². The molecule has 0 aliphatic rings. The van der Waals surface area contributed by atoms with E-state index in [1.165, 1.54) is 4.90 Å². The number of hydrogen-bond acceptors (Lipinski definition) is 3. The molecule has 2 aromatic rings. The Morgan fingerprint density at radius 1 is 1.12 bits per heavy atom. The SMILES string of the molecule is Cc1ccc(NC(=O)CN(C)C(=O)COc2ccccc2Cl)cc1. The summed E-state index contributed by atoms with van der Waals surface area (Å²) in [5.41, 5.74) is 1.80. The van der Waals surface area contributed by atoms with Crippen LogP contribution in [0.3, 0.4) is 0 Å². The molecule has 2 aromatic carbocycles. The lowest BCUT2D eigenvalue weighted by atomic mass is 10.2. The van der Waals surface area contributed by atoms with Crippen molar-refractivity contribution in [2.75, 3.05) is 25.5 Å². The molecule has 0 saturated carbocycles. The maximum atomic E-state index is 12.0. The third-order valence-electron chi connectivity index (χ3n) is 3.33. The monoisotopic (exact) mass is 346 g/mol. The molecule has 0 aromatic heterocycles. The molecule has 0 unspecified atom stereocenters. The Morgan fingerprint density at radius 3 is 2.46 bits per heavy atom. The van der Waals surface area contributed by atoms with Gasteiger partial charge in [0, 0.05) is 12.7 Å². The van der Waals surface area contributed by atoms with Crippen LogP contribution in [-0.2, 0) is 9.59 Å². The van der Waals surface area contributed by atoms with E-state index in [9.17, 15) is 9.59 Å². The van der Waals surface area contributed by atoms with Crippen molar-refractivity contribution in [2.24, 2.45) is 0 Å². The zero-order valence-corrected chi connectivity index (χ0v) is 14.3. The molecule has 0 atom stereocenters. The maximum Gasteiger partial charge on any atom is 0.260 e. The van der Waals surface area contributed by atoms with Crippen molar-refractivity contribution < 1.29 is 14.3 Å². The Morgan fingerprint density at radius 2 is 1.79 bits per heavy atom. The van der Waals surface area contributed by atoms with Crippen LogP contribution in [0, 0.1) is 6.92 Å². The largest absolute Gasteiger partial charge is 0.482 e. The van der Waals surface area contributed by atoms with Crippen molar-refractivity contribution in [2.45, 2.75) is 6.92 Å². The number of anilines is 1. The zero-order chi connectivity index (χ0) is 17.5. The van der Waals surface area contributed by atoms with Gasteiger partial charge >= 0.3 is 0 Å². The summed E-state index contributed by atoms with van der Waals surface area (Å²) >= 11 is 5.96. The maximum absolute atomic E-state index is 12.0. The summed E-state index contributed by atoms with van der Waals surface area (Å²) in [5.74, 6) is -0.147. The van der Waals surface area contributed by atoms with Crippen molar-refractivity contribution in [3.8, 4) is 5.75 Å². The van der Waals surface area contributed by atoms with Gasteiger partial charge in [-0.25, -0.2) is 0 Å². The van der Waals surface area contributed by atoms with E-state index < -0.39 is 0 Å². The third kappa shape index (κ3) is 5.28. The number of nitrogens with zero attached hydrogens (tertiary/aromatic N) is 1. The Kier molecular flexibility index (Phi) is 6.21. The van der Waals surface area contributed by atoms with Crippen molar-refractivity contribution in [1.82, 2.24) is 4.90 Å². The summed E-state index contributed by atoms with van der Waals surface area (Å²) in [7, 11) is 1.55. The van der Waals surface area contributed by atoms with Gasteiger partial charge in [0.15, 0.2) is 6.61 Å². The lowest BCUT2D eigenvalue weighted by Gasteiger charge is -2.17. The van der Waals surface area contributed by atoms with Gasteiger partial charge in [-0.15, -0.1) is 0 Å². The van der Waals surface area contributed by atoms with Crippen molar-refractivity contribution in [3.05, 3.63) is 59.1 Å². The Bertz CT molecular complexity index is 716. The van der Waals surface area contributed by atoms with Gasteiger partial charge in [0.2, 0.25) is 5.91 Å². The van der Waals surface area contributed by atoms with E-state index in [1.54, 1.807) is 31.3 Å². The highest BCUT2D eigenvalue weighted by Crippen LogP contribution is 2.22. The molecule has 0 saturated heterocycles. The highest BCUT2D eigenvalue weighted by molar-refractivity contribution is 6.32. The molecule has 2 amide bonds. The summed E-state index contributed by atoms with van der Waals surface area (Å²) in [4.78, 5) is 25.3. The second-order valence-electron chi connectivity index (χ2n) is 5.38. The van der Waals surface area contributed by atoms with Crippen LogP contribution in [0.25, 0.3) is 0 Å². The summed E-state index contributed by atoms with van der Waals surface area (Å²) in [5, 5.41) is 3.18. The molecule has 0 heterocycles. The third-order valence-corrected chi connectivity index (χ3v) is 3.64. The molecule has 24 heavy (non-hydrogen) atoms. The molecule has 6 heteroatoms. The average molecular weight is 347 g/mol. The number of amides is 2. The standard InChI is InChI=1S/C18H19ClN2O3/c1-13-7-9-14(10-8-13)20-17(22)11-21(2)18(23)12-24-16-6-4-3-5-15(16)19/h3-10H,11-12H2,1-2H3,(H,20,22). The number of ether oxygens (including phenoxy) is 1. The number of carbonyl (C=O) groups excluding carboxylic acids is 2. The number of hydrogen-bond donors (Lipinski definition) is 1. The quantitative estimate of drug-likeness (QED) is 0.874. The van der Waals surface area contributed by atoms with Gasteiger partial charge in [0.05, 0.1) is 11.6 Å². The average Bonchev–Trinajstić information content (AvgIpc) is 2.56. The van der Waals surface area contributed by atoms with Crippen molar-refractivity contribution in [1.29, 1.82) is 0 Å². The Balaban J connectivity index is 1.81. The molecule has 0 bridgehead atoms. The number of carbonyl (C=O) groups is 2. The molecule has 1 N–H and O–H groups in total. The fourth-order valence-electron chi connectivity index (χ4n) is 1.95. The Hall–Kier alpha value is -2.53. The fourth-order valence-corrected chi connectivity index (χ4v) is 2.14. The van der Waals surface area contributed by atoms with Gasteiger partial charge in [-0.05, 0) is 31.2 Å². The number of aryl methyl sites for hydroxylation is 1. The first-order valence-electron chi connectivity index (χ1n) is 7.43. The van der Waals surface area contributed by atoms with Crippen LogP contribution >= 0.6 is 11.6 Å². The summed E-state index contributed by atoms with van der Waals surface area (Å²) in [6.45, 7) is 1.73. The second kappa shape index (κ2) is 8.36. The summed E-state index contributed by atoms with van der Waals surface area (Å²) in [6, 6.07) is 14.3.